The largest absolute Gasteiger partial charge is 0.478 e. The lowest BCUT2D eigenvalue weighted by Gasteiger charge is -2.21. The van der Waals surface area contributed by atoms with Crippen LogP contribution in [-0.2, 0) is 0 Å². The van der Waals surface area contributed by atoms with E-state index in [1.165, 1.54) is 6.42 Å². The Kier molecular flexibility index (Phi) is 3.92. The molecule has 108 valence electrons. The summed E-state index contributed by atoms with van der Waals surface area (Å²) >= 11 is 0. The molecule has 1 fully saturated rings. The van der Waals surface area contributed by atoms with Crippen LogP contribution < -0.4 is 5.32 Å². The van der Waals surface area contributed by atoms with E-state index in [2.05, 4.69) is 15.3 Å². The molecular formula is C16H17N3O2. The molecular weight excluding hydrogens is 266 g/mol. The molecule has 0 aliphatic carbocycles. The summed E-state index contributed by atoms with van der Waals surface area (Å²) in [6.07, 6.45) is 5.91. The number of rotatable bonds is 3. The van der Waals surface area contributed by atoms with E-state index >= 15 is 0 Å². The molecule has 2 heterocycles. The van der Waals surface area contributed by atoms with Gasteiger partial charge in [0, 0.05) is 24.2 Å². The smallest absolute Gasteiger partial charge is 0.335 e. The van der Waals surface area contributed by atoms with Crippen LogP contribution in [-0.4, -0.2) is 34.1 Å². The Morgan fingerprint density at radius 2 is 2.00 bits per heavy atom. The van der Waals surface area contributed by atoms with Crippen molar-refractivity contribution in [2.75, 3.05) is 13.1 Å². The number of aromatic nitrogens is 2. The molecule has 0 saturated carbocycles. The van der Waals surface area contributed by atoms with Gasteiger partial charge in [0.25, 0.3) is 0 Å². The van der Waals surface area contributed by atoms with Gasteiger partial charge in [0.15, 0.2) is 0 Å². The summed E-state index contributed by atoms with van der Waals surface area (Å²) in [4.78, 5) is 19.8. The number of aromatic carboxylic acids is 1. The molecule has 1 aromatic heterocycles. The molecule has 3 rings (SSSR count). The fourth-order valence-corrected chi connectivity index (χ4v) is 2.59. The zero-order chi connectivity index (χ0) is 14.7. The number of carboxylic acid groups (broad SMARTS) is 1. The summed E-state index contributed by atoms with van der Waals surface area (Å²) < 4.78 is 0. The maximum Gasteiger partial charge on any atom is 0.335 e. The average molecular weight is 283 g/mol. The van der Waals surface area contributed by atoms with Gasteiger partial charge in [-0.15, -0.1) is 0 Å². The number of piperidine rings is 1. The first-order chi connectivity index (χ1) is 10.2. The molecule has 0 amide bonds. The van der Waals surface area contributed by atoms with E-state index in [9.17, 15) is 4.79 Å². The minimum Gasteiger partial charge on any atom is -0.478 e. The molecule has 1 aliphatic heterocycles. The number of hydrogen-bond donors (Lipinski definition) is 2. The van der Waals surface area contributed by atoms with Gasteiger partial charge in [-0.1, -0.05) is 12.1 Å². The van der Waals surface area contributed by atoms with Crippen molar-refractivity contribution in [3.63, 3.8) is 0 Å². The molecule has 0 spiro atoms. The van der Waals surface area contributed by atoms with E-state index in [1.54, 1.807) is 30.5 Å². The Morgan fingerprint density at radius 3 is 2.57 bits per heavy atom. The van der Waals surface area contributed by atoms with Gasteiger partial charge in [-0.3, -0.25) is 9.97 Å². The number of carboxylic acids is 1. The summed E-state index contributed by atoms with van der Waals surface area (Å²) in [6, 6.07) is 6.68. The van der Waals surface area contributed by atoms with Gasteiger partial charge >= 0.3 is 5.97 Å². The summed E-state index contributed by atoms with van der Waals surface area (Å²) in [6.45, 7) is 2.04. The van der Waals surface area contributed by atoms with Crippen molar-refractivity contribution in [1.29, 1.82) is 0 Å². The summed E-state index contributed by atoms with van der Waals surface area (Å²) in [5, 5.41) is 12.3. The Morgan fingerprint density at radius 1 is 1.19 bits per heavy atom. The molecule has 0 bridgehead atoms. The molecule has 5 nitrogen and oxygen atoms in total. The molecule has 2 aromatic rings. The van der Waals surface area contributed by atoms with Gasteiger partial charge in [0.05, 0.1) is 23.1 Å². The van der Waals surface area contributed by atoms with Gasteiger partial charge in [-0.25, -0.2) is 4.79 Å². The van der Waals surface area contributed by atoms with Crippen molar-refractivity contribution in [3.05, 3.63) is 47.9 Å². The highest BCUT2D eigenvalue weighted by Crippen LogP contribution is 2.22. The van der Waals surface area contributed by atoms with Crippen molar-refractivity contribution in [1.82, 2.24) is 15.3 Å². The van der Waals surface area contributed by atoms with Crippen molar-refractivity contribution in [2.45, 2.75) is 18.8 Å². The standard InChI is InChI=1S/C16H17N3O2/c20-16(21)12-5-3-11(4-6-12)14-9-19-15(10-18-14)13-2-1-7-17-8-13/h3-6,9-10,13,17H,1-2,7-8H2,(H,20,21)/t13-/m1/s1. The van der Waals surface area contributed by atoms with Gasteiger partial charge in [0.2, 0.25) is 0 Å². The Labute approximate surface area is 123 Å². The number of nitrogens with zero attached hydrogens (tertiary/aromatic N) is 2. The van der Waals surface area contributed by atoms with Crippen LogP contribution in [0.4, 0.5) is 0 Å². The highest BCUT2D eigenvalue weighted by atomic mass is 16.4. The number of benzene rings is 1. The van der Waals surface area contributed by atoms with Crippen LogP contribution in [0.2, 0.25) is 0 Å². The monoisotopic (exact) mass is 283 g/mol. The third kappa shape index (κ3) is 3.08. The summed E-state index contributed by atoms with van der Waals surface area (Å²) in [7, 11) is 0. The van der Waals surface area contributed by atoms with E-state index in [0.717, 1.165) is 36.5 Å². The number of nitrogens with one attached hydrogen (secondary N) is 1. The van der Waals surface area contributed by atoms with Crippen LogP contribution in [0.5, 0.6) is 0 Å². The second-order valence-electron chi connectivity index (χ2n) is 5.25. The zero-order valence-corrected chi connectivity index (χ0v) is 11.6. The number of hydrogen-bond acceptors (Lipinski definition) is 4. The SMILES string of the molecule is O=C(O)c1ccc(-c2cnc([C@@H]3CCCNC3)cn2)cc1. The fourth-order valence-electron chi connectivity index (χ4n) is 2.59. The van der Waals surface area contributed by atoms with Crippen LogP contribution in [0, 0.1) is 0 Å². The van der Waals surface area contributed by atoms with Crippen LogP contribution in [0.1, 0.15) is 34.8 Å². The normalized spacial score (nSPS) is 18.4. The fraction of sp³-hybridized carbons (Fsp3) is 0.312. The van der Waals surface area contributed by atoms with E-state index in [1.807, 2.05) is 6.20 Å². The Hall–Kier alpha value is -2.27. The first kappa shape index (κ1) is 13.7. The maximum atomic E-state index is 10.8. The van der Waals surface area contributed by atoms with E-state index < -0.39 is 5.97 Å². The van der Waals surface area contributed by atoms with Crippen molar-refractivity contribution in [2.24, 2.45) is 0 Å². The second-order valence-corrected chi connectivity index (χ2v) is 5.25. The minimum atomic E-state index is -0.923. The molecule has 1 atom stereocenters. The van der Waals surface area contributed by atoms with E-state index in [0.29, 0.717) is 5.92 Å². The van der Waals surface area contributed by atoms with Gasteiger partial charge in [-0.05, 0) is 31.5 Å². The minimum absolute atomic E-state index is 0.275. The molecule has 1 aliphatic rings. The van der Waals surface area contributed by atoms with E-state index in [4.69, 9.17) is 5.11 Å². The highest BCUT2D eigenvalue weighted by molar-refractivity contribution is 5.88. The van der Waals surface area contributed by atoms with Gasteiger partial charge in [0.1, 0.15) is 0 Å². The predicted molar refractivity (Wildman–Crippen MR) is 79.3 cm³/mol. The first-order valence-corrected chi connectivity index (χ1v) is 7.10. The lowest BCUT2D eigenvalue weighted by Crippen LogP contribution is -2.28. The lowest BCUT2D eigenvalue weighted by atomic mass is 9.96. The molecule has 21 heavy (non-hydrogen) atoms. The Balaban J connectivity index is 1.78. The zero-order valence-electron chi connectivity index (χ0n) is 11.6. The predicted octanol–water partition coefficient (Wildman–Crippen LogP) is 2.31. The third-order valence-corrected chi connectivity index (χ3v) is 3.81. The topological polar surface area (TPSA) is 75.1 Å². The number of carbonyl (C=O) groups is 1. The maximum absolute atomic E-state index is 10.8. The van der Waals surface area contributed by atoms with Crippen molar-refractivity contribution in [3.8, 4) is 11.3 Å². The molecule has 5 heteroatoms. The second kappa shape index (κ2) is 6.01. The highest BCUT2D eigenvalue weighted by Gasteiger charge is 2.16. The summed E-state index contributed by atoms with van der Waals surface area (Å²) in [5.74, 6) is -0.484. The van der Waals surface area contributed by atoms with E-state index in [-0.39, 0.29) is 5.56 Å². The third-order valence-electron chi connectivity index (χ3n) is 3.81. The molecule has 0 radical (unpaired) electrons. The molecule has 1 saturated heterocycles. The Bertz CT molecular complexity index is 617. The molecule has 2 N–H and O–H groups in total. The first-order valence-electron chi connectivity index (χ1n) is 7.10. The van der Waals surface area contributed by atoms with Crippen LogP contribution >= 0.6 is 0 Å². The van der Waals surface area contributed by atoms with Crippen LogP contribution in [0.3, 0.4) is 0 Å². The average Bonchev–Trinajstić information content (AvgIpc) is 2.56. The van der Waals surface area contributed by atoms with Crippen molar-refractivity contribution >= 4 is 5.97 Å². The molecule has 0 unspecified atom stereocenters. The van der Waals surface area contributed by atoms with Gasteiger partial charge < -0.3 is 10.4 Å². The van der Waals surface area contributed by atoms with Crippen LogP contribution in [0.25, 0.3) is 11.3 Å². The summed E-state index contributed by atoms with van der Waals surface area (Å²) in [5.41, 5.74) is 2.94. The van der Waals surface area contributed by atoms with Crippen LogP contribution in [0.15, 0.2) is 36.7 Å². The lowest BCUT2D eigenvalue weighted by molar-refractivity contribution is 0.0697. The van der Waals surface area contributed by atoms with Gasteiger partial charge in [-0.2, -0.15) is 0 Å². The van der Waals surface area contributed by atoms with Crippen molar-refractivity contribution < 1.29 is 9.90 Å². The quantitative estimate of drug-likeness (QED) is 0.904. The molecule has 1 aromatic carbocycles.